The van der Waals surface area contributed by atoms with Crippen LogP contribution < -0.4 is 0 Å². The summed E-state index contributed by atoms with van der Waals surface area (Å²) in [6.07, 6.45) is 4.85. The largest absolute Gasteiger partial charge is 0.339 e. The van der Waals surface area contributed by atoms with Crippen LogP contribution in [0, 0.1) is 6.92 Å². The van der Waals surface area contributed by atoms with Crippen molar-refractivity contribution in [2.24, 2.45) is 7.05 Å². The molecule has 2 aromatic rings. The first-order valence-corrected chi connectivity index (χ1v) is 11.9. The number of nitrogens with zero attached hydrogens (tertiary/aromatic N) is 4. The van der Waals surface area contributed by atoms with Gasteiger partial charge in [0.15, 0.2) is 5.03 Å². The molecule has 0 radical (unpaired) electrons. The summed E-state index contributed by atoms with van der Waals surface area (Å²) in [6.45, 7) is 2.69. The zero-order valence-corrected chi connectivity index (χ0v) is 17.5. The van der Waals surface area contributed by atoms with E-state index >= 15 is 0 Å². The number of aromatic nitrogens is 2. The van der Waals surface area contributed by atoms with Gasteiger partial charge in [-0.1, -0.05) is 29.8 Å². The third-order valence-electron chi connectivity index (χ3n) is 4.57. The molecule has 10 heteroatoms. The third-order valence-corrected chi connectivity index (χ3v) is 7.92. The van der Waals surface area contributed by atoms with Crippen molar-refractivity contribution in [3.05, 3.63) is 53.3 Å². The van der Waals surface area contributed by atoms with E-state index < -0.39 is 20.0 Å². The summed E-state index contributed by atoms with van der Waals surface area (Å²) in [6, 6.07) is 7.53. The number of imidazole rings is 1. The molecule has 1 aromatic heterocycles. The lowest BCUT2D eigenvalue weighted by Gasteiger charge is -2.19. The molecule has 2 heterocycles. The van der Waals surface area contributed by atoms with Crippen LogP contribution in [0.4, 0.5) is 0 Å². The summed E-state index contributed by atoms with van der Waals surface area (Å²) in [5, 5.41) is 1.16. The van der Waals surface area contributed by atoms with Crippen LogP contribution in [-0.4, -0.2) is 61.2 Å². The molecule has 152 valence electrons. The number of sulfonamides is 2. The molecule has 0 saturated carbocycles. The van der Waals surface area contributed by atoms with Crippen molar-refractivity contribution in [2.45, 2.75) is 18.4 Å². The Morgan fingerprint density at radius 1 is 0.964 bits per heavy atom. The monoisotopic (exact) mass is 424 g/mol. The summed E-state index contributed by atoms with van der Waals surface area (Å²) in [7, 11) is -5.67. The van der Waals surface area contributed by atoms with E-state index in [-0.39, 0.29) is 31.2 Å². The van der Waals surface area contributed by atoms with Crippen molar-refractivity contribution < 1.29 is 16.8 Å². The quantitative estimate of drug-likeness (QED) is 0.724. The van der Waals surface area contributed by atoms with Crippen LogP contribution in [0.25, 0.3) is 6.08 Å². The minimum atomic E-state index is -3.73. The van der Waals surface area contributed by atoms with Gasteiger partial charge in [0.05, 0.1) is 6.33 Å². The zero-order chi connectivity index (χ0) is 20.4. The van der Waals surface area contributed by atoms with Crippen molar-refractivity contribution in [2.75, 3.05) is 26.2 Å². The van der Waals surface area contributed by atoms with E-state index in [1.54, 1.807) is 17.7 Å². The van der Waals surface area contributed by atoms with Gasteiger partial charge in [0, 0.05) is 44.8 Å². The standard InChI is InChI=1S/C18H24N4O4S2/c1-16-4-6-17(7-5-16)8-13-27(23,24)21-9-3-10-22(12-11-21)28(25,26)18-14-20(2)15-19-18/h4-8,13-15H,3,9-12H2,1-2H3/b13-8+. The van der Waals surface area contributed by atoms with Crippen LogP contribution in [-0.2, 0) is 27.1 Å². The lowest BCUT2D eigenvalue weighted by molar-refractivity contribution is 0.406. The molecule has 0 aliphatic carbocycles. The van der Waals surface area contributed by atoms with Gasteiger partial charge in [0.1, 0.15) is 0 Å². The molecule has 0 N–H and O–H groups in total. The second kappa shape index (κ2) is 8.16. The molecular formula is C18H24N4O4S2. The van der Waals surface area contributed by atoms with Gasteiger partial charge in [-0.25, -0.2) is 21.8 Å². The highest BCUT2D eigenvalue weighted by Crippen LogP contribution is 2.18. The van der Waals surface area contributed by atoms with E-state index in [0.717, 1.165) is 11.1 Å². The van der Waals surface area contributed by atoms with E-state index in [1.807, 2.05) is 31.2 Å². The first kappa shape index (κ1) is 20.7. The molecule has 3 rings (SSSR count). The van der Waals surface area contributed by atoms with Crippen molar-refractivity contribution in [1.82, 2.24) is 18.2 Å². The van der Waals surface area contributed by atoms with Crippen LogP contribution in [0.1, 0.15) is 17.5 Å². The first-order valence-electron chi connectivity index (χ1n) is 8.91. The molecule has 1 aromatic carbocycles. The van der Waals surface area contributed by atoms with E-state index in [2.05, 4.69) is 4.98 Å². The molecule has 28 heavy (non-hydrogen) atoms. The van der Waals surface area contributed by atoms with Gasteiger partial charge in [0.25, 0.3) is 10.0 Å². The summed E-state index contributed by atoms with van der Waals surface area (Å²) in [5.74, 6) is 0. The van der Waals surface area contributed by atoms with Gasteiger partial charge in [-0.3, -0.25) is 0 Å². The van der Waals surface area contributed by atoms with E-state index in [4.69, 9.17) is 0 Å². The Labute approximate surface area is 166 Å². The lowest BCUT2D eigenvalue weighted by atomic mass is 10.2. The Kier molecular flexibility index (Phi) is 6.04. The second-order valence-electron chi connectivity index (χ2n) is 6.79. The Balaban J connectivity index is 1.71. The molecule has 1 aliphatic heterocycles. The fourth-order valence-electron chi connectivity index (χ4n) is 2.95. The van der Waals surface area contributed by atoms with Crippen LogP contribution in [0.3, 0.4) is 0 Å². The minimum Gasteiger partial charge on any atom is -0.339 e. The summed E-state index contributed by atoms with van der Waals surface area (Å²) in [5.41, 5.74) is 1.89. The summed E-state index contributed by atoms with van der Waals surface area (Å²) < 4.78 is 55.0. The fourth-order valence-corrected chi connectivity index (χ4v) is 5.60. The van der Waals surface area contributed by atoms with Crippen molar-refractivity contribution in [3.8, 4) is 0 Å². The van der Waals surface area contributed by atoms with Crippen LogP contribution >= 0.6 is 0 Å². The topological polar surface area (TPSA) is 92.6 Å². The predicted octanol–water partition coefficient (Wildman–Crippen LogP) is 1.43. The Bertz CT molecular complexity index is 1060. The summed E-state index contributed by atoms with van der Waals surface area (Å²) >= 11 is 0. The van der Waals surface area contributed by atoms with Gasteiger partial charge < -0.3 is 4.57 Å². The van der Waals surface area contributed by atoms with Gasteiger partial charge in [0.2, 0.25) is 10.0 Å². The fraction of sp³-hybridized carbons (Fsp3) is 0.389. The Hall–Kier alpha value is -2.01. The SMILES string of the molecule is Cc1ccc(/C=C/S(=O)(=O)N2CCCN(S(=O)(=O)c3cn(C)cn3)CC2)cc1. The molecule has 0 unspecified atom stereocenters. The maximum absolute atomic E-state index is 12.7. The Morgan fingerprint density at radius 3 is 2.25 bits per heavy atom. The highest BCUT2D eigenvalue weighted by molar-refractivity contribution is 7.92. The predicted molar refractivity (Wildman–Crippen MR) is 107 cm³/mol. The van der Waals surface area contributed by atoms with Crippen molar-refractivity contribution in [3.63, 3.8) is 0 Å². The molecule has 0 atom stereocenters. The molecule has 1 aliphatic rings. The summed E-state index contributed by atoms with van der Waals surface area (Å²) in [4.78, 5) is 3.92. The molecule has 0 spiro atoms. The minimum absolute atomic E-state index is 0.0226. The Morgan fingerprint density at radius 2 is 1.61 bits per heavy atom. The lowest BCUT2D eigenvalue weighted by Crippen LogP contribution is -2.36. The van der Waals surface area contributed by atoms with E-state index in [9.17, 15) is 16.8 Å². The number of rotatable bonds is 5. The van der Waals surface area contributed by atoms with Gasteiger partial charge >= 0.3 is 0 Å². The highest BCUT2D eigenvalue weighted by Gasteiger charge is 2.31. The average molecular weight is 425 g/mol. The maximum Gasteiger partial charge on any atom is 0.262 e. The molecule has 1 saturated heterocycles. The van der Waals surface area contributed by atoms with Gasteiger partial charge in [-0.15, -0.1) is 0 Å². The zero-order valence-electron chi connectivity index (χ0n) is 15.9. The van der Waals surface area contributed by atoms with Crippen LogP contribution in [0.15, 0.2) is 47.2 Å². The van der Waals surface area contributed by atoms with Crippen molar-refractivity contribution in [1.29, 1.82) is 0 Å². The number of hydrogen-bond donors (Lipinski definition) is 0. The first-order chi connectivity index (χ1) is 13.2. The third kappa shape index (κ3) is 4.69. The molecule has 0 amide bonds. The number of hydrogen-bond acceptors (Lipinski definition) is 5. The van der Waals surface area contributed by atoms with Crippen molar-refractivity contribution >= 4 is 26.1 Å². The van der Waals surface area contributed by atoms with E-state index in [0.29, 0.717) is 6.42 Å². The highest BCUT2D eigenvalue weighted by atomic mass is 32.2. The molecule has 1 fully saturated rings. The smallest absolute Gasteiger partial charge is 0.262 e. The normalized spacial score (nSPS) is 17.8. The number of benzene rings is 1. The van der Waals surface area contributed by atoms with Gasteiger partial charge in [-0.05, 0) is 25.0 Å². The average Bonchev–Trinajstić information content (AvgIpc) is 2.93. The van der Waals surface area contributed by atoms with Gasteiger partial charge in [-0.2, -0.15) is 8.61 Å². The van der Waals surface area contributed by atoms with Crippen LogP contribution in [0.5, 0.6) is 0 Å². The molecule has 0 bridgehead atoms. The molecule has 8 nitrogen and oxygen atoms in total. The number of aryl methyl sites for hydroxylation is 2. The van der Waals surface area contributed by atoms with Crippen LogP contribution in [0.2, 0.25) is 0 Å². The molecular weight excluding hydrogens is 400 g/mol. The second-order valence-corrected chi connectivity index (χ2v) is 10.5. The maximum atomic E-state index is 12.7. The van der Waals surface area contributed by atoms with E-state index in [1.165, 1.54) is 26.5 Å².